The molecule has 0 radical (unpaired) electrons. The van der Waals surface area contributed by atoms with Crippen molar-refractivity contribution in [1.82, 2.24) is 9.99 Å². The Balaban J connectivity index is 2.23. The number of anilines is 1. The lowest BCUT2D eigenvalue weighted by Gasteiger charge is -2.25. The second-order valence-electron chi connectivity index (χ2n) is 8.19. The van der Waals surface area contributed by atoms with E-state index in [0.29, 0.717) is 17.0 Å². The number of aromatic nitrogens is 1. The number of aromatic hydroxyl groups is 2. The van der Waals surface area contributed by atoms with Crippen LogP contribution in [-0.2, 0) is 0 Å². The number of nitrogens with one attached hydrogen (secondary N) is 1. The lowest BCUT2D eigenvalue weighted by Crippen LogP contribution is -2.30. The monoisotopic (exact) mass is 454 g/mol. The van der Waals surface area contributed by atoms with E-state index in [2.05, 4.69) is 28.9 Å². The van der Waals surface area contributed by atoms with Gasteiger partial charge in [-0.15, -0.1) is 0 Å². The molecule has 2 aromatic carbocycles. The van der Waals surface area contributed by atoms with Gasteiger partial charge < -0.3 is 24.4 Å². The molecule has 0 amide bonds. The molecule has 32 heavy (non-hydrogen) atoms. The minimum absolute atomic E-state index is 0.0480. The number of thiocarbonyl (C=S) groups is 1. The zero-order valence-electron chi connectivity index (χ0n) is 19.2. The van der Waals surface area contributed by atoms with E-state index < -0.39 is 0 Å². The molecule has 0 aliphatic carbocycles. The van der Waals surface area contributed by atoms with Gasteiger partial charge in [0.2, 0.25) is 0 Å². The smallest absolute Gasteiger partial charge is 0.164 e. The molecule has 1 aromatic heterocycles. The molecule has 0 saturated heterocycles. The molecule has 3 aromatic rings. The molecule has 170 valence electrons. The van der Waals surface area contributed by atoms with Crippen molar-refractivity contribution in [3.05, 3.63) is 47.7 Å². The van der Waals surface area contributed by atoms with Gasteiger partial charge in [0.15, 0.2) is 5.84 Å². The molecule has 7 nitrogen and oxygen atoms in total. The summed E-state index contributed by atoms with van der Waals surface area (Å²) in [6, 6.07) is 9.29. The van der Waals surface area contributed by atoms with Gasteiger partial charge in [0.25, 0.3) is 0 Å². The van der Waals surface area contributed by atoms with Crippen LogP contribution in [0.15, 0.2) is 41.6 Å². The molecule has 1 heterocycles. The summed E-state index contributed by atoms with van der Waals surface area (Å²) in [5, 5.41) is 26.4. The highest BCUT2D eigenvalue weighted by atomic mass is 32.1. The number of hydrogen-bond acceptors (Lipinski definition) is 5. The summed E-state index contributed by atoms with van der Waals surface area (Å²) < 4.78 is 7.79. The third-order valence-electron chi connectivity index (χ3n) is 5.50. The molecular formula is C24H30N4O3S. The molecule has 0 aliphatic rings. The number of ether oxygens (including phenoxy) is 1. The van der Waals surface area contributed by atoms with E-state index in [4.69, 9.17) is 17.0 Å². The molecule has 0 unspecified atom stereocenters. The number of hydrogen-bond donors (Lipinski definition) is 3. The van der Waals surface area contributed by atoms with Crippen LogP contribution in [0.25, 0.3) is 10.9 Å². The second-order valence-corrected chi connectivity index (χ2v) is 8.43. The summed E-state index contributed by atoms with van der Waals surface area (Å²) in [6.45, 7) is 8.20. The maximum absolute atomic E-state index is 10.7. The minimum Gasteiger partial charge on any atom is -0.508 e. The first kappa shape index (κ1) is 23.4. The summed E-state index contributed by atoms with van der Waals surface area (Å²) in [5.74, 6) is 1.27. The Morgan fingerprint density at radius 3 is 2.47 bits per heavy atom. The van der Waals surface area contributed by atoms with Gasteiger partial charge >= 0.3 is 0 Å². The predicted molar refractivity (Wildman–Crippen MR) is 134 cm³/mol. The molecule has 0 spiro atoms. The zero-order valence-corrected chi connectivity index (χ0v) is 20.1. The van der Waals surface area contributed by atoms with Crippen LogP contribution >= 0.6 is 12.2 Å². The Hall–Kier alpha value is -3.26. The lowest BCUT2D eigenvalue weighted by molar-refractivity contribution is 0.416. The van der Waals surface area contributed by atoms with E-state index in [1.807, 2.05) is 50.2 Å². The molecule has 3 rings (SSSR count). The average molecular weight is 455 g/mol. The first-order valence-electron chi connectivity index (χ1n) is 10.5. The van der Waals surface area contributed by atoms with Crippen molar-refractivity contribution in [2.24, 2.45) is 5.10 Å². The quantitative estimate of drug-likeness (QED) is 0.199. The Labute approximate surface area is 193 Å². The second kappa shape index (κ2) is 9.48. The van der Waals surface area contributed by atoms with Crippen LogP contribution in [0.5, 0.6) is 17.2 Å². The maximum Gasteiger partial charge on any atom is 0.164 e. The van der Waals surface area contributed by atoms with E-state index in [-0.39, 0.29) is 23.5 Å². The number of benzene rings is 2. The van der Waals surface area contributed by atoms with Crippen LogP contribution in [-0.4, -0.2) is 40.3 Å². The van der Waals surface area contributed by atoms with Crippen molar-refractivity contribution in [1.29, 1.82) is 0 Å². The molecule has 0 aliphatic heterocycles. The van der Waals surface area contributed by atoms with Gasteiger partial charge in [0, 0.05) is 30.7 Å². The number of rotatable bonds is 7. The van der Waals surface area contributed by atoms with Gasteiger partial charge in [-0.05, 0) is 49.6 Å². The molecule has 0 bridgehead atoms. The van der Waals surface area contributed by atoms with Crippen LogP contribution in [0.1, 0.15) is 50.8 Å². The number of methoxy groups -OCH3 is 1. The summed E-state index contributed by atoms with van der Waals surface area (Å²) >= 11 is 4.90. The van der Waals surface area contributed by atoms with Crippen LogP contribution in [0, 0.1) is 0 Å². The third kappa shape index (κ3) is 4.23. The van der Waals surface area contributed by atoms with Crippen LogP contribution < -0.4 is 15.1 Å². The SMILES string of the molecule is COc1ccc(N(C)/C(=N\NC=S)c2cc(C(C)C)c(O)cc2O)c2ccn(C(C)C)c12. The zero-order chi connectivity index (χ0) is 23.6. The van der Waals surface area contributed by atoms with Crippen LogP contribution in [0.2, 0.25) is 0 Å². The maximum atomic E-state index is 10.7. The van der Waals surface area contributed by atoms with Crippen LogP contribution in [0.4, 0.5) is 5.69 Å². The van der Waals surface area contributed by atoms with Gasteiger partial charge in [0.1, 0.15) is 17.2 Å². The highest BCUT2D eigenvalue weighted by molar-refractivity contribution is 7.78. The van der Waals surface area contributed by atoms with Gasteiger partial charge in [-0.25, -0.2) is 0 Å². The Morgan fingerprint density at radius 2 is 1.88 bits per heavy atom. The fourth-order valence-electron chi connectivity index (χ4n) is 3.88. The fraction of sp³-hybridized carbons (Fsp3) is 0.333. The first-order chi connectivity index (χ1) is 15.2. The van der Waals surface area contributed by atoms with Gasteiger partial charge in [0.05, 0.1) is 29.4 Å². The predicted octanol–water partition coefficient (Wildman–Crippen LogP) is 5.11. The highest BCUT2D eigenvalue weighted by Crippen LogP contribution is 2.38. The number of nitrogens with zero attached hydrogens (tertiary/aromatic N) is 3. The first-order valence-corrected chi connectivity index (χ1v) is 10.9. The average Bonchev–Trinajstić information content (AvgIpc) is 3.19. The van der Waals surface area contributed by atoms with E-state index in [1.54, 1.807) is 13.2 Å². The van der Waals surface area contributed by atoms with Crippen molar-refractivity contribution < 1.29 is 14.9 Å². The number of phenols is 2. The van der Waals surface area contributed by atoms with Gasteiger partial charge in [-0.1, -0.05) is 26.1 Å². The van der Waals surface area contributed by atoms with Crippen molar-refractivity contribution in [3.63, 3.8) is 0 Å². The normalized spacial score (nSPS) is 11.9. The molecular weight excluding hydrogens is 424 g/mol. The van der Waals surface area contributed by atoms with E-state index in [0.717, 1.165) is 22.3 Å². The van der Waals surface area contributed by atoms with E-state index in [1.165, 1.54) is 11.6 Å². The summed E-state index contributed by atoms with van der Waals surface area (Å²) in [5.41, 5.74) is 7.06. The topological polar surface area (TPSA) is 82.2 Å². The Kier molecular flexibility index (Phi) is 6.93. The van der Waals surface area contributed by atoms with E-state index >= 15 is 0 Å². The Bertz CT molecular complexity index is 1170. The van der Waals surface area contributed by atoms with Gasteiger partial charge in [-0.3, -0.25) is 5.43 Å². The molecule has 8 heteroatoms. The fourth-order valence-corrected chi connectivity index (χ4v) is 3.93. The molecule has 3 N–H and O–H groups in total. The lowest BCUT2D eigenvalue weighted by atomic mass is 9.98. The summed E-state index contributed by atoms with van der Waals surface area (Å²) in [4.78, 5) is 1.88. The number of phenolic OH excluding ortho intramolecular Hbond substituents is 2. The third-order valence-corrected chi connectivity index (χ3v) is 5.61. The molecule has 0 saturated carbocycles. The van der Waals surface area contributed by atoms with Crippen molar-refractivity contribution >= 4 is 40.1 Å². The summed E-state index contributed by atoms with van der Waals surface area (Å²) in [6.07, 6.45) is 2.04. The van der Waals surface area contributed by atoms with Crippen molar-refractivity contribution in [3.8, 4) is 17.2 Å². The Morgan fingerprint density at radius 1 is 1.16 bits per heavy atom. The molecule has 0 atom stereocenters. The largest absolute Gasteiger partial charge is 0.508 e. The van der Waals surface area contributed by atoms with E-state index in [9.17, 15) is 10.2 Å². The van der Waals surface area contributed by atoms with Crippen molar-refractivity contribution in [2.75, 3.05) is 19.1 Å². The number of hydrazone groups is 1. The number of amidine groups is 1. The number of fused-ring (bicyclic) bond motifs is 1. The standard InChI is InChI=1S/C24H30N4O3S/c1-14(2)17-11-18(21(30)12-20(17)29)24(26-25-13-32)27(5)19-7-8-22(31-6)23-16(19)9-10-28(23)15(3)4/h7-15,29-30H,1-6H3,(H,25,32)/b26-24-. The van der Waals surface area contributed by atoms with Gasteiger partial charge in [-0.2, -0.15) is 5.10 Å². The van der Waals surface area contributed by atoms with Crippen LogP contribution in [0.3, 0.4) is 0 Å². The highest BCUT2D eigenvalue weighted by Gasteiger charge is 2.22. The summed E-state index contributed by atoms with van der Waals surface area (Å²) in [7, 11) is 3.53. The molecule has 0 fully saturated rings. The minimum atomic E-state index is -0.0758. The van der Waals surface area contributed by atoms with Crippen molar-refractivity contribution in [2.45, 2.75) is 39.7 Å².